The molecule has 558 valence electrons. The molecule has 0 amide bonds. The van der Waals surface area contributed by atoms with E-state index in [4.69, 9.17) is 37.0 Å². The number of rotatable bonds is 72. The predicted molar refractivity (Wildman–Crippen MR) is 381 cm³/mol. The summed E-state index contributed by atoms with van der Waals surface area (Å²) in [5.74, 6) is 0.901. The lowest BCUT2D eigenvalue weighted by Crippen LogP contribution is -2.30. The van der Waals surface area contributed by atoms with Gasteiger partial charge in [-0.1, -0.05) is 325 Å². The Balaban J connectivity index is 5.16. The lowest BCUT2D eigenvalue weighted by atomic mass is 9.99. The molecule has 0 aliphatic heterocycles. The normalized spacial score (nSPS) is 14.7. The van der Waals surface area contributed by atoms with E-state index in [-0.39, 0.29) is 25.7 Å². The third-order valence-electron chi connectivity index (χ3n) is 18.0. The van der Waals surface area contributed by atoms with Crippen LogP contribution in [0.2, 0.25) is 0 Å². The van der Waals surface area contributed by atoms with Gasteiger partial charge in [0.1, 0.15) is 19.3 Å². The first-order chi connectivity index (χ1) is 45.2. The Bertz CT molecular complexity index is 1850. The van der Waals surface area contributed by atoms with Crippen molar-refractivity contribution in [2.24, 2.45) is 23.7 Å². The monoisotopic (exact) mass is 1380 g/mol. The molecule has 0 rings (SSSR count). The summed E-state index contributed by atoms with van der Waals surface area (Å²) in [5, 5.41) is 10.6. The SMILES string of the molecule is CCC(C)CCCCCCCCCCCCC(=O)OC[C@H](COP(=O)(O)OCC(O)COP(=O)(O)OC[C@@H](COC(=O)CCCCCCCCC(C)C)OC(=O)CCCCCCCCCCCCCCCCCCCCC(C)C)OC(=O)CCCCCCCCC(C)CC. The molecule has 0 bridgehead atoms. The van der Waals surface area contributed by atoms with Crippen LogP contribution in [-0.2, 0) is 65.4 Å². The van der Waals surface area contributed by atoms with Crippen molar-refractivity contribution >= 4 is 39.5 Å². The highest BCUT2D eigenvalue weighted by molar-refractivity contribution is 7.47. The van der Waals surface area contributed by atoms with Crippen LogP contribution < -0.4 is 0 Å². The highest BCUT2D eigenvalue weighted by atomic mass is 31.2. The van der Waals surface area contributed by atoms with Gasteiger partial charge >= 0.3 is 39.5 Å². The lowest BCUT2D eigenvalue weighted by molar-refractivity contribution is -0.161. The lowest BCUT2D eigenvalue weighted by Gasteiger charge is -2.21. The summed E-state index contributed by atoms with van der Waals surface area (Å²) in [6.07, 6.45) is 48.9. The molecule has 19 heteroatoms. The van der Waals surface area contributed by atoms with E-state index in [1.54, 1.807) is 0 Å². The zero-order valence-corrected chi connectivity index (χ0v) is 63.4. The first-order valence-electron chi connectivity index (χ1n) is 38.8. The molecule has 3 N–H and O–H groups in total. The molecular formula is C75H146O17P2. The maximum Gasteiger partial charge on any atom is 0.472 e. The van der Waals surface area contributed by atoms with Crippen molar-refractivity contribution in [3.05, 3.63) is 0 Å². The van der Waals surface area contributed by atoms with Crippen LogP contribution in [0.3, 0.4) is 0 Å². The van der Waals surface area contributed by atoms with E-state index < -0.39 is 97.5 Å². The second kappa shape index (κ2) is 64.4. The van der Waals surface area contributed by atoms with Gasteiger partial charge in [-0.25, -0.2) is 9.13 Å². The summed E-state index contributed by atoms with van der Waals surface area (Å²) in [4.78, 5) is 72.7. The summed E-state index contributed by atoms with van der Waals surface area (Å²) in [5.41, 5.74) is 0. The van der Waals surface area contributed by atoms with E-state index in [2.05, 4.69) is 55.4 Å². The van der Waals surface area contributed by atoms with E-state index in [9.17, 15) is 43.2 Å². The number of hydrogen-bond donors (Lipinski definition) is 3. The van der Waals surface area contributed by atoms with E-state index in [1.165, 1.54) is 173 Å². The molecule has 7 atom stereocenters. The van der Waals surface area contributed by atoms with Gasteiger partial charge < -0.3 is 33.8 Å². The Kier molecular flexibility index (Phi) is 63.1. The summed E-state index contributed by atoms with van der Waals surface area (Å²) >= 11 is 0. The van der Waals surface area contributed by atoms with E-state index in [0.717, 1.165) is 114 Å². The van der Waals surface area contributed by atoms with Gasteiger partial charge in [0.25, 0.3) is 0 Å². The number of esters is 4. The molecule has 0 aromatic heterocycles. The summed E-state index contributed by atoms with van der Waals surface area (Å²) in [6.45, 7) is 14.1. The molecule has 5 unspecified atom stereocenters. The van der Waals surface area contributed by atoms with Crippen LogP contribution in [0.4, 0.5) is 0 Å². The number of hydrogen-bond acceptors (Lipinski definition) is 15. The van der Waals surface area contributed by atoms with Crippen molar-refractivity contribution in [2.45, 2.75) is 395 Å². The number of aliphatic hydroxyl groups excluding tert-OH is 1. The topological polar surface area (TPSA) is 237 Å². The maximum atomic E-state index is 13.0. The van der Waals surface area contributed by atoms with Crippen LogP contribution in [0.1, 0.15) is 376 Å². The second-order valence-electron chi connectivity index (χ2n) is 28.5. The number of carbonyl (C=O) groups excluding carboxylic acids is 4. The van der Waals surface area contributed by atoms with E-state index in [0.29, 0.717) is 31.6 Å². The minimum atomic E-state index is -4.95. The Morgan fingerprint density at radius 2 is 0.511 bits per heavy atom. The highest BCUT2D eigenvalue weighted by Gasteiger charge is 2.30. The number of ether oxygens (including phenoxy) is 4. The largest absolute Gasteiger partial charge is 0.472 e. The first-order valence-corrected chi connectivity index (χ1v) is 41.8. The third-order valence-corrected chi connectivity index (χ3v) is 19.9. The van der Waals surface area contributed by atoms with Gasteiger partial charge in [-0.05, 0) is 49.4 Å². The Hall–Kier alpha value is -1.94. The highest BCUT2D eigenvalue weighted by Crippen LogP contribution is 2.45. The zero-order valence-electron chi connectivity index (χ0n) is 61.6. The smallest absolute Gasteiger partial charge is 0.462 e. The maximum absolute atomic E-state index is 13.0. The van der Waals surface area contributed by atoms with Crippen LogP contribution in [0.5, 0.6) is 0 Å². The molecule has 0 spiro atoms. The minimum Gasteiger partial charge on any atom is -0.462 e. The zero-order chi connectivity index (χ0) is 69.6. The van der Waals surface area contributed by atoms with Crippen LogP contribution in [0.25, 0.3) is 0 Å². The second-order valence-corrected chi connectivity index (χ2v) is 31.4. The Labute approximate surface area is 575 Å². The van der Waals surface area contributed by atoms with Crippen LogP contribution in [0, 0.1) is 23.7 Å². The van der Waals surface area contributed by atoms with E-state index >= 15 is 0 Å². The summed E-state index contributed by atoms with van der Waals surface area (Å²) in [7, 11) is -9.91. The fourth-order valence-electron chi connectivity index (χ4n) is 11.3. The van der Waals surface area contributed by atoms with Gasteiger partial charge in [0, 0.05) is 25.7 Å². The molecule has 0 aliphatic carbocycles. The average molecular weight is 1380 g/mol. The molecule has 0 saturated heterocycles. The molecule has 0 aliphatic rings. The number of phosphoric ester groups is 2. The summed E-state index contributed by atoms with van der Waals surface area (Å²) < 4.78 is 68.4. The molecule has 0 radical (unpaired) electrons. The molecule has 0 heterocycles. The Morgan fingerprint density at radius 3 is 0.755 bits per heavy atom. The summed E-state index contributed by atoms with van der Waals surface area (Å²) in [6, 6.07) is 0. The van der Waals surface area contributed by atoms with Crippen LogP contribution in [0.15, 0.2) is 0 Å². The standard InChI is InChI=1S/C75H146O17P2/c1-9-67(7)53-45-37-28-24-21-22-25-29-39-47-55-72(77)85-61-71(92-75(80)58-50-42-34-32-38-46-54-68(8)10-2)64-90-94(83,84)88-60-69(76)59-87-93(81,82)89-63-70(62-86-73(78)56-48-40-33-31-36-44-52-66(5)6)91-74(79)57-49-41-30-26-20-18-16-14-12-11-13-15-17-19-23-27-35-43-51-65(3)4/h65-71,76H,9-64H2,1-8H3,(H,81,82)(H,83,84)/t67?,68?,69?,70-,71-/m1/s1. The van der Waals surface area contributed by atoms with Crippen molar-refractivity contribution in [2.75, 3.05) is 39.6 Å². The van der Waals surface area contributed by atoms with Crippen molar-refractivity contribution < 1.29 is 80.2 Å². The van der Waals surface area contributed by atoms with Gasteiger partial charge in [-0.2, -0.15) is 0 Å². The fraction of sp³-hybridized carbons (Fsp3) is 0.947. The molecule has 0 aromatic carbocycles. The first kappa shape index (κ1) is 92.1. The van der Waals surface area contributed by atoms with Gasteiger partial charge in [0.15, 0.2) is 12.2 Å². The van der Waals surface area contributed by atoms with Crippen molar-refractivity contribution in [3.63, 3.8) is 0 Å². The third kappa shape index (κ3) is 66.0. The molecule has 0 aromatic rings. The number of unbranched alkanes of at least 4 members (excludes halogenated alkanes) is 36. The van der Waals surface area contributed by atoms with E-state index in [1.807, 2.05) is 0 Å². The molecular weight excluding hydrogens is 1230 g/mol. The minimum absolute atomic E-state index is 0.102. The van der Waals surface area contributed by atoms with Gasteiger partial charge in [-0.3, -0.25) is 37.3 Å². The predicted octanol–water partition coefficient (Wildman–Crippen LogP) is 21.7. The Morgan fingerprint density at radius 1 is 0.298 bits per heavy atom. The van der Waals surface area contributed by atoms with Gasteiger partial charge in [-0.15, -0.1) is 0 Å². The van der Waals surface area contributed by atoms with Crippen molar-refractivity contribution in [3.8, 4) is 0 Å². The molecule has 17 nitrogen and oxygen atoms in total. The molecule has 94 heavy (non-hydrogen) atoms. The average Bonchev–Trinajstić information content (AvgIpc) is 1.44. The van der Waals surface area contributed by atoms with Gasteiger partial charge in [0.2, 0.25) is 0 Å². The van der Waals surface area contributed by atoms with Crippen molar-refractivity contribution in [1.29, 1.82) is 0 Å². The van der Waals surface area contributed by atoms with Crippen LogP contribution in [-0.4, -0.2) is 96.7 Å². The molecule has 0 saturated carbocycles. The van der Waals surface area contributed by atoms with Crippen molar-refractivity contribution in [1.82, 2.24) is 0 Å². The number of carbonyl (C=O) groups is 4. The number of aliphatic hydroxyl groups is 1. The molecule has 0 fully saturated rings. The fourth-order valence-corrected chi connectivity index (χ4v) is 12.9. The van der Waals surface area contributed by atoms with Crippen LogP contribution >= 0.6 is 15.6 Å². The quantitative estimate of drug-likeness (QED) is 0.0222. The number of phosphoric acid groups is 2. The van der Waals surface area contributed by atoms with Gasteiger partial charge in [0.05, 0.1) is 26.4 Å².